The lowest BCUT2D eigenvalue weighted by Gasteiger charge is -2.08. The SMILES string of the molecule is OCC1CCC(Sc2ccccc2)S1. The van der Waals surface area contributed by atoms with Crippen LogP contribution < -0.4 is 0 Å². The van der Waals surface area contributed by atoms with Gasteiger partial charge in [-0.05, 0) is 25.0 Å². The number of aliphatic hydroxyl groups excluding tert-OH is 1. The van der Waals surface area contributed by atoms with E-state index in [0.29, 0.717) is 16.4 Å². The van der Waals surface area contributed by atoms with Gasteiger partial charge in [-0.3, -0.25) is 0 Å². The van der Waals surface area contributed by atoms with Gasteiger partial charge < -0.3 is 5.11 Å². The molecule has 14 heavy (non-hydrogen) atoms. The summed E-state index contributed by atoms with van der Waals surface area (Å²) in [6, 6.07) is 10.5. The van der Waals surface area contributed by atoms with Gasteiger partial charge in [-0.15, -0.1) is 23.5 Å². The number of thioether (sulfide) groups is 2. The molecule has 2 unspecified atom stereocenters. The zero-order valence-electron chi connectivity index (χ0n) is 7.93. The first-order valence-electron chi connectivity index (χ1n) is 4.86. The fourth-order valence-corrected chi connectivity index (χ4v) is 4.50. The van der Waals surface area contributed by atoms with Crippen molar-refractivity contribution in [1.82, 2.24) is 0 Å². The van der Waals surface area contributed by atoms with E-state index < -0.39 is 0 Å². The minimum absolute atomic E-state index is 0.330. The van der Waals surface area contributed by atoms with Gasteiger partial charge in [0, 0.05) is 10.1 Å². The van der Waals surface area contributed by atoms with Crippen molar-refractivity contribution >= 4 is 23.5 Å². The van der Waals surface area contributed by atoms with Crippen molar-refractivity contribution in [2.75, 3.05) is 6.61 Å². The molecule has 0 saturated carbocycles. The summed E-state index contributed by atoms with van der Waals surface area (Å²) in [4.78, 5) is 1.34. The Morgan fingerprint density at radius 2 is 2.07 bits per heavy atom. The molecule has 2 atom stereocenters. The second kappa shape index (κ2) is 5.10. The van der Waals surface area contributed by atoms with Crippen LogP contribution in [-0.4, -0.2) is 21.5 Å². The normalized spacial score (nSPS) is 26.6. The first-order chi connectivity index (χ1) is 6.88. The van der Waals surface area contributed by atoms with E-state index in [1.165, 1.54) is 11.3 Å². The maximum Gasteiger partial charge on any atom is 0.0553 e. The highest BCUT2D eigenvalue weighted by atomic mass is 32.2. The summed E-state index contributed by atoms with van der Waals surface area (Å²) in [5.74, 6) is 0. The summed E-state index contributed by atoms with van der Waals surface area (Å²) >= 11 is 3.84. The molecule has 1 saturated heterocycles. The molecule has 0 aliphatic carbocycles. The van der Waals surface area contributed by atoms with E-state index in [1.807, 2.05) is 29.6 Å². The molecule has 1 aliphatic heterocycles. The predicted molar refractivity (Wildman–Crippen MR) is 63.8 cm³/mol. The maximum atomic E-state index is 9.02. The molecule has 0 spiro atoms. The fraction of sp³-hybridized carbons (Fsp3) is 0.455. The van der Waals surface area contributed by atoms with Gasteiger partial charge in [0.2, 0.25) is 0 Å². The van der Waals surface area contributed by atoms with Crippen LogP contribution in [-0.2, 0) is 0 Å². The summed E-state index contributed by atoms with van der Waals surface area (Å²) in [7, 11) is 0. The van der Waals surface area contributed by atoms with Gasteiger partial charge in [-0.1, -0.05) is 18.2 Å². The van der Waals surface area contributed by atoms with Gasteiger partial charge in [0.05, 0.1) is 11.2 Å². The molecule has 1 fully saturated rings. The van der Waals surface area contributed by atoms with Crippen LogP contribution in [0.5, 0.6) is 0 Å². The minimum Gasteiger partial charge on any atom is -0.395 e. The van der Waals surface area contributed by atoms with Gasteiger partial charge in [0.15, 0.2) is 0 Å². The van der Waals surface area contributed by atoms with E-state index in [0.717, 1.165) is 6.42 Å². The first kappa shape index (κ1) is 10.4. The Balaban J connectivity index is 1.88. The summed E-state index contributed by atoms with van der Waals surface area (Å²) in [6.45, 7) is 0.330. The number of benzene rings is 1. The van der Waals surface area contributed by atoms with E-state index in [-0.39, 0.29) is 0 Å². The molecule has 0 amide bonds. The Labute approximate surface area is 93.3 Å². The summed E-state index contributed by atoms with van der Waals surface area (Å²) in [5, 5.41) is 9.49. The quantitative estimate of drug-likeness (QED) is 0.855. The molecule has 1 aromatic rings. The molecular formula is C11H14OS2. The molecule has 1 aromatic carbocycles. The first-order valence-corrected chi connectivity index (χ1v) is 6.69. The van der Waals surface area contributed by atoms with Crippen molar-refractivity contribution in [3.8, 4) is 0 Å². The number of hydrogen-bond acceptors (Lipinski definition) is 3. The summed E-state index contributed by atoms with van der Waals surface area (Å²) in [5.41, 5.74) is 0. The van der Waals surface area contributed by atoms with Gasteiger partial charge in [-0.25, -0.2) is 0 Å². The zero-order valence-corrected chi connectivity index (χ0v) is 9.56. The largest absolute Gasteiger partial charge is 0.395 e. The van der Waals surface area contributed by atoms with Crippen molar-refractivity contribution in [2.45, 2.75) is 27.6 Å². The van der Waals surface area contributed by atoms with E-state index in [2.05, 4.69) is 24.3 Å². The van der Waals surface area contributed by atoms with Gasteiger partial charge >= 0.3 is 0 Å². The van der Waals surface area contributed by atoms with Crippen molar-refractivity contribution in [1.29, 1.82) is 0 Å². The molecule has 1 N–H and O–H groups in total. The van der Waals surface area contributed by atoms with Gasteiger partial charge in [0.1, 0.15) is 0 Å². The smallest absolute Gasteiger partial charge is 0.0553 e. The lowest BCUT2D eigenvalue weighted by atomic mass is 10.3. The van der Waals surface area contributed by atoms with Crippen LogP contribution in [0.3, 0.4) is 0 Å². The molecule has 1 aliphatic rings. The molecule has 2 rings (SSSR count). The van der Waals surface area contributed by atoms with Crippen molar-refractivity contribution in [3.63, 3.8) is 0 Å². The Morgan fingerprint density at radius 1 is 1.29 bits per heavy atom. The van der Waals surface area contributed by atoms with Crippen LogP contribution in [0.25, 0.3) is 0 Å². The van der Waals surface area contributed by atoms with E-state index in [1.54, 1.807) is 0 Å². The average Bonchev–Trinajstić information content (AvgIpc) is 2.67. The predicted octanol–water partition coefficient (Wildman–Crippen LogP) is 2.99. The molecular weight excluding hydrogens is 212 g/mol. The lowest BCUT2D eigenvalue weighted by molar-refractivity contribution is 0.293. The van der Waals surface area contributed by atoms with E-state index in [9.17, 15) is 0 Å². The van der Waals surface area contributed by atoms with Crippen LogP contribution in [0.15, 0.2) is 35.2 Å². The highest BCUT2D eigenvalue weighted by Gasteiger charge is 2.25. The van der Waals surface area contributed by atoms with Crippen molar-refractivity contribution in [2.24, 2.45) is 0 Å². The van der Waals surface area contributed by atoms with Crippen LogP contribution in [0.1, 0.15) is 12.8 Å². The van der Waals surface area contributed by atoms with E-state index >= 15 is 0 Å². The van der Waals surface area contributed by atoms with Gasteiger partial charge in [-0.2, -0.15) is 0 Å². The topological polar surface area (TPSA) is 20.2 Å². The maximum absolute atomic E-state index is 9.02. The molecule has 76 valence electrons. The fourth-order valence-electron chi connectivity index (χ4n) is 1.54. The van der Waals surface area contributed by atoms with Gasteiger partial charge in [0.25, 0.3) is 0 Å². The second-order valence-corrected chi connectivity index (χ2v) is 6.46. The summed E-state index contributed by atoms with van der Waals surface area (Å²) < 4.78 is 0.634. The number of hydrogen-bond donors (Lipinski definition) is 1. The molecule has 3 heteroatoms. The van der Waals surface area contributed by atoms with Crippen LogP contribution in [0.4, 0.5) is 0 Å². The average molecular weight is 226 g/mol. The zero-order chi connectivity index (χ0) is 9.80. The molecule has 1 heterocycles. The highest BCUT2D eigenvalue weighted by molar-refractivity contribution is 8.17. The van der Waals surface area contributed by atoms with E-state index in [4.69, 9.17) is 5.11 Å². The number of rotatable bonds is 3. The minimum atomic E-state index is 0.330. The molecule has 1 nitrogen and oxygen atoms in total. The van der Waals surface area contributed by atoms with Crippen LogP contribution in [0, 0.1) is 0 Å². The van der Waals surface area contributed by atoms with Crippen LogP contribution >= 0.6 is 23.5 Å². The van der Waals surface area contributed by atoms with Crippen molar-refractivity contribution in [3.05, 3.63) is 30.3 Å². The monoisotopic (exact) mass is 226 g/mol. The second-order valence-electron chi connectivity index (χ2n) is 3.38. The molecule has 0 bridgehead atoms. The Bertz CT molecular complexity index is 276. The van der Waals surface area contributed by atoms with Crippen LogP contribution in [0.2, 0.25) is 0 Å². The molecule has 0 radical (unpaired) electrons. The third kappa shape index (κ3) is 2.69. The number of aliphatic hydroxyl groups is 1. The standard InChI is InChI=1S/C11H14OS2/c12-8-10-6-7-11(14-10)13-9-4-2-1-3-5-9/h1-5,10-12H,6-8H2. The third-order valence-corrected chi connectivity index (χ3v) is 5.26. The Hall–Kier alpha value is -0.120. The highest BCUT2D eigenvalue weighted by Crippen LogP contribution is 2.42. The summed E-state index contributed by atoms with van der Waals surface area (Å²) in [6.07, 6.45) is 2.38. The molecule has 0 aromatic heterocycles. The lowest BCUT2D eigenvalue weighted by Crippen LogP contribution is -2.01. The Kier molecular flexibility index (Phi) is 3.79. The van der Waals surface area contributed by atoms with Crippen molar-refractivity contribution < 1.29 is 5.11 Å². The third-order valence-electron chi connectivity index (χ3n) is 2.28. The Morgan fingerprint density at radius 3 is 2.71 bits per heavy atom.